The molecule has 0 aromatic heterocycles. The third-order valence-electron chi connectivity index (χ3n) is 7.53. The lowest BCUT2D eigenvalue weighted by atomic mass is 10.1. The summed E-state index contributed by atoms with van der Waals surface area (Å²) in [4.78, 5) is 40.9. The molecule has 0 bridgehead atoms. The number of rotatable bonds is 12. The first kappa shape index (κ1) is 37.5. The fourth-order valence-electron chi connectivity index (χ4n) is 4.88. The van der Waals surface area contributed by atoms with E-state index in [1.807, 2.05) is 0 Å². The summed E-state index contributed by atoms with van der Waals surface area (Å²) in [6, 6.07) is 31.5. The van der Waals surface area contributed by atoms with E-state index in [1.54, 1.807) is 103 Å². The van der Waals surface area contributed by atoms with Gasteiger partial charge in [0.15, 0.2) is 0 Å². The van der Waals surface area contributed by atoms with Crippen LogP contribution in [0.2, 0.25) is 5.02 Å². The Bertz CT molecular complexity index is 2080. The molecule has 0 aliphatic rings. The summed E-state index contributed by atoms with van der Waals surface area (Å²) in [5.74, 6) is -0.766. The number of carbonyl (C=O) groups excluding carboxylic acids is 3. The topological polar surface area (TPSA) is 106 Å². The third-order valence-corrected chi connectivity index (χ3v) is 9.12. The van der Waals surface area contributed by atoms with Crippen molar-refractivity contribution in [1.82, 2.24) is 5.32 Å². The molecular weight excluding hydrogens is 715 g/mol. The minimum Gasteiger partial charge on any atom is -0.497 e. The number of benzene rings is 5. The highest BCUT2D eigenvalue weighted by Crippen LogP contribution is 2.39. The highest BCUT2D eigenvalue weighted by atomic mass is 35.5. The molecule has 1 atom stereocenters. The Morgan fingerprint density at radius 2 is 1.46 bits per heavy atom. The number of anilines is 2. The van der Waals surface area contributed by atoms with Crippen molar-refractivity contribution in [1.29, 1.82) is 0 Å². The SMILES string of the molecule is COc1ccc(/C=C(\NC(=O)c2ccccc2)C(=O)Nc2ccc(SC(C(=O)Nc3cc(C(F)(F)F)ccc3Cl)c3ccccc3)cc2)c(OC)c1. The number of alkyl halides is 3. The number of methoxy groups -OCH3 is 2. The van der Waals surface area contributed by atoms with Gasteiger partial charge in [0.25, 0.3) is 11.8 Å². The fraction of sp³-hybridized carbons (Fsp3) is 0.103. The van der Waals surface area contributed by atoms with Gasteiger partial charge in [-0.1, -0.05) is 60.1 Å². The van der Waals surface area contributed by atoms with Crippen LogP contribution in [-0.2, 0) is 15.8 Å². The third kappa shape index (κ3) is 9.74. The molecule has 0 radical (unpaired) electrons. The summed E-state index contributed by atoms with van der Waals surface area (Å²) >= 11 is 7.30. The van der Waals surface area contributed by atoms with Crippen molar-refractivity contribution in [2.75, 3.05) is 24.9 Å². The standard InChI is InChI=1S/C39H31ClF3N3O5S/c1-50-29-17-13-26(34(23-29)51-2)21-33(46-36(47)25-11-7-4-8-12-25)37(48)44-28-15-18-30(19-16-28)52-35(24-9-5-3-6-10-24)38(49)45-32-22-27(39(41,42)43)14-20-31(32)40/h3-23,35H,1-2H3,(H,44,48)(H,45,49)(H,46,47)/b33-21-. The van der Waals surface area contributed by atoms with E-state index in [2.05, 4.69) is 16.0 Å². The number of halogens is 4. The zero-order valence-corrected chi connectivity index (χ0v) is 29.2. The van der Waals surface area contributed by atoms with Crippen molar-refractivity contribution in [3.63, 3.8) is 0 Å². The van der Waals surface area contributed by atoms with Crippen LogP contribution in [0.4, 0.5) is 24.5 Å². The minimum absolute atomic E-state index is 0.0444. The van der Waals surface area contributed by atoms with Gasteiger partial charge in [-0.3, -0.25) is 14.4 Å². The van der Waals surface area contributed by atoms with Gasteiger partial charge in [0.2, 0.25) is 5.91 Å². The Morgan fingerprint density at radius 3 is 2.10 bits per heavy atom. The smallest absolute Gasteiger partial charge is 0.416 e. The summed E-state index contributed by atoms with van der Waals surface area (Å²) in [7, 11) is 2.99. The summed E-state index contributed by atoms with van der Waals surface area (Å²) < 4.78 is 50.8. The monoisotopic (exact) mass is 745 g/mol. The van der Waals surface area contributed by atoms with Gasteiger partial charge in [-0.2, -0.15) is 13.2 Å². The van der Waals surface area contributed by atoms with E-state index < -0.39 is 34.7 Å². The summed E-state index contributed by atoms with van der Waals surface area (Å²) in [5, 5.41) is 7.10. The molecule has 0 heterocycles. The van der Waals surface area contributed by atoms with Crippen LogP contribution in [0.5, 0.6) is 11.5 Å². The van der Waals surface area contributed by atoms with E-state index in [4.69, 9.17) is 21.1 Å². The molecule has 5 aromatic rings. The van der Waals surface area contributed by atoms with Crippen LogP contribution in [0.1, 0.15) is 32.3 Å². The van der Waals surface area contributed by atoms with E-state index >= 15 is 0 Å². The van der Waals surface area contributed by atoms with Gasteiger partial charge in [-0.25, -0.2) is 0 Å². The number of hydrogen-bond acceptors (Lipinski definition) is 6. The van der Waals surface area contributed by atoms with Gasteiger partial charge in [0, 0.05) is 27.8 Å². The van der Waals surface area contributed by atoms with Gasteiger partial charge in [-0.05, 0) is 78.4 Å². The van der Waals surface area contributed by atoms with Crippen molar-refractivity contribution in [3.05, 3.63) is 154 Å². The first-order valence-corrected chi connectivity index (χ1v) is 16.8. The highest BCUT2D eigenvalue weighted by Gasteiger charge is 2.32. The van der Waals surface area contributed by atoms with Crippen LogP contribution in [0.25, 0.3) is 6.08 Å². The van der Waals surface area contributed by atoms with Crippen LogP contribution in [0.3, 0.4) is 0 Å². The fourth-order valence-corrected chi connectivity index (χ4v) is 6.07. The predicted molar refractivity (Wildman–Crippen MR) is 197 cm³/mol. The second-order valence-corrected chi connectivity index (χ2v) is 12.6. The first-order valence-electron chi connectivity index (χ1n) is 15.6. The number of ether oxygens (including phenoxy) is 2. The van der Waals surface area contributed by atoms with Gasteiger partial charge in [0.05, 0.1) is 30.5 Å². The highest BCUT2D eigenvalue weighted by molar-refractivity contribution is 8.00. The molecular formula is C39H31ClF3N3O5S. The van der Waals surface area contributed by atoms with Crippen LogP contribution < -0.4 is 25.4 Å². The van der Waals surface area contributed by atoms with E-state index in [1.165, 1.54) is 20.3 Å². The minimum atomic E-state index is -4.62. The van der Waals surface area contributed by atoms with Gasteiger partial charge in [-0.15, -0.1) is 11.8 Å². The maximum absolute atomic E-state index is 13.6. The van der Waals surface area contributed by atoms with E-state index in [0.717, 1.165) is 30.0 Å². The molecule has 3 amide bonds. The molecule has 1 unspecified atom stereocenters. The number of carbonyl (C=O) groups is 3. The van der Waals surface area contributed by atoms with Crippen LogP contribution in [0, 0.1) is 0 Å². The van der Waals surface area contributed by atoms with Crippen molar-refractivity contribution in [2.45, 2.75) is 16.3 Å². The Labute approximate surface area is 307 Å². The molecule has 0 spiro atoms. The largest absolute Gasteiger partial charge is 0.497 e. The number of thioether (sulfide) groups is 1. The zero-order valence-electron chi connectivity index (χ0n) is 27.7. The van der Waals surface area contributed by atoms with Crippen LogP contribution >= 0.6 is 23.4 Å². The lowest BCUT2D eigenvalue weighted by Gasteiger charge is -2.19. The molecule has 8 nitrogen and oxygen atoms in total. The first-order chi connectivity index (χ1) is 24.9. The van der Waals surface area contributed by atoms with Crippen molar-refractivity contribution in [2.24, 2.45) is 0 Å². The second kappa shape index (κ2) is 17.0. The molecule has 0 aliphatic heterocycles. The normalized spacial score (nSPS) is 12.0. The Kier molecular flexibility index (Phi) is 12.3. The Balaban J connectivity index is 1.37. The molecule has 0 saturated heterocycles. The average Bonchev–Trinajstić information content (AvgIpc) is 3.15. The molecule has 0 saturated carbocycles. The Morgan fingerprint density at radius 1 is 0.788 bits per heavy atom. The summed E-state index contributed by atoms with van der Waals surface area (Å²) in [5.41, 5.74) is 0.647. The zero-order chi connectivity index (χ0) is 37.3. The maximum Gasteiger partial charge on any atom is 0.416 e. The molecule has 266 valence electrons. The number of hydrogen-bond donors (Lipinski definition) is 3. The lowest BCUT2D eigenvalue weighted by molar-refractivity contribution is -0.137. The van der Waals surface area contributed by atoms with Crippen molar-refractivity contribution in [3.8, 4) is 11.5 Å². The number of nitrogens with one attached hydrogen (secondary N) is 3. The van der Waals surface area contributed by atoms with Gasteiger partial charge >= 0.3 is 6.18 Å². The van der Waals surface area contributed by atoms with Gasteiger partial charge in [0.1, 0.15) is 22.4 Å². The van der Waals surface area contributed by atoms with E-state index in [0.29, 0.717) is 38.8 Å². The van der Waals surface area contributed by atoms with Crippen molar-refractivity contribution >= 4 is 58.5 Å². The van der Waals surface area contributed by atoms with Crippen LogP contribution in [0.15, 0.2) is 132 Å². The quantitative estimate of drug-likeness (QED) is 0.0869. The summed E-state index contributed by atoms with van der Waals surface area (Å²) in [6.07, 6.45) is -3.14. The number of amides is 3. The van der Waals surface area contributed by atoms with Crippen molar-refractivity contribution < 1.29 is 37.0 Å². The average molecular weight is 746 g/mol. The second-order valence-electron chi connectivity index (χ2n) is 11.1. The maximum atomic E-state index is 13.6. The lowest BCUT2D eigenvalue weighted by Crippen LogP contribution is -2.30. The van der Waals surface area contributed by atoms with Gasteiger partial charge < -0.3 is 25.4 Å². The molecule has 5 rings (SSSR count). The summed E-state index contributed by atoms with van der Waals surface area (Å²) in [6.45, 7) is 0. The molecule has 13 heteroatoms. The van der Waals surface area contributed by atoms with E-state index in [-0.39, 0.29) is 16.4 Å². The molecule has 0 aliphatic carbocycles. The molecule has 0 fully saturated rings. The molecule has 3 N–H and O–H groups in total. The molecule has 52 heavy (non-hydrogen) atoms. The Hall–Kier alpha value is -5.72. The predicted octanol–water partition coefficient (Wildman–Crippen LogP) is 9.26. The molecule has 5 aromatic carbocycles. The van der Waals surface area contributed by atoms with Crippen LogP contribution in [-0.4, -0.2) is 31.9 Å². The van der Waals surface area contributed by atoms with E-state index in [9.17, 15) is 27.6 Å².